The van der Waals surface area contributed by atoms with Crippen LogP contribution in [0.3, 0.4) is 0 Å². The minimum absolute atomic E-state index is 0.0593. The number of nitrogens with one attached hydrogen (secondary N) is 2. The molecule has 110 valence electrons. The highest BCUT2D eigenvalue weighted by atomic mass is 79.9. The fourth-order valence-electron chi connectivity index (χ4n) is 1.59. The molecule has 0 aliphatic carbocycles. The number of aromatic hydroxyl groups is 1. The molecule has 0 aromatic heterocycles. The number of phenols is 1. The highest BCUT2D eigenvalue weighted by molar-refractivity contribution is 9.10. The number of benzene rings is 2. The maximum absolute atomic E-state index is 12.0. The molecule has 2 rings (SSSR count). The maximum Gasteiger partial charge on any atom is 0.267 e. The van der Waals surface area contributed by atoms with E-state index in [0.717, 1.165) is 4.47 Å². The van der Waals surface area contributed by atoms with Crippen molar-refractivity contribution in [3.8, 4) is 11.8 Å². The van der Waals surface area contributed by atoms with Gasteiger partial charge < -0.3 is 15.7 Å². The summed E-state index contributed by atoms with van der Waals surface area (Å²) in [6, 6.07) is 15.2. The smallest absolute Gasteiger partial charge is 0.267 e. The number of hydrogen-bond acceptors (Lipinski definition) is 4. The normalized spacial score (nSPS) is 10.6. The van der Waals surface area contributed by atoms with E-state index in [4.69, 9.17) is 5.26 Å². The van der Waals surface area contributed by atoms with Crippen molar-refractivity contribution in [2.24, 2.45) is 0 Å². The molecule has 2 aromatic carbocycles. The van der Waals surface area contributed by atoms with E-state index in [1.54, 1.807) is 36.4 Å². The molecule has 0 aliphatic heterocycles. The van der Waals surface area contributed by atoms with Gasteiger partial charge in [-0.15, -0.1) is 0 Å². The SMILES string of the molecule is N#C/C(=C/Nc1ccc(O)cc1)C(=O)Nc1ccc(Br)cc1. The van der Waals surface area contributed by atoms with Crippen LogP contribution in [0.1, 0.15) is 0 Å². The number of rotatable bonds is 4. The van der Waals surface area contributed by atoms with Crippen LogP contribution in [-0.2, 0) is 4.79 Å². The molecule has 0 unspecified atom stereocenters. The number of phenolic OH excluding ortho intramolecular Hbond substituents is 1. The van der Waals surface area contributed by atoms with Crippen molar-refractivity contribution in [3.63, 3.8) is 0 Å². The van der Waals surface area contributed by atoms with Gasteiger partial charge in [-0.3, -0.25) is 4.79 Å². The Kier molecular flexibility index (Phi) is 5.17. The van der Waals surface area contributed by atoms with Gasteiger partial charge in [0.25, 0.3) is 5.91 Å². The van der Waals surface area contributed by atoms with Gasteiger partial charge in [-0.25, -0.2) is 0 Å². The summed E-state index contributed by atoms with van der Waals surface area (Å²) >= 11 is 3.31. The molecule has 2 aromatic rings. The third-order valence-electron chi connectivity index (χ3n) is 2.72. The minimum atomic E-state index is -0.504. The summed E-state index contributed by atoms with van der Waals surface area (Å²) in [5.41, 5.74) is 1.19. The lowest BCUT2D eigenvalue weighted by molar-refractivity contribution is -0.112. The van der Waals surface area contributed by atoms with Crippen LogP contribution in [0.25, 0.3) is 0 Å². The first-order valence-electron chi connectivity index (χ1n) is 6.31. The van der Waals surface area contributed by atoms with E-state index in [0.29, 0.717) is 11.4 Å². The van der Waals surface area contributed by atoms with E-state index >= 15 is 0 Å². The van der Waals surface area contributed by atoms with Crippen LogP contribution in [-0.4, -0.2) is 11.0 Å². The highest BCUT2D eigenvalue weighted by Crippen LogP contribution is 2.16. The minimum Gasteiger partial charge on any atom is -0.508 e. The van der Waals surface area contributed by atoms with Crippen molar-refractivity contribution in [1.82, 2.24) is 0 Å². The molecule has 1 amide bonds. The molecule has 0 heterocycles. The molecule has 22 heavy (non-hydrogen) atoms. The molecular formula is C16H12BrN3O2. The molecule has 0 fully saturated rings. The van der Waals surface area contributed by atoms with Crippen LogP contribution in [0.2, 0.25) is 0 Å². The fraction of sp³-hybridized carbons (Fsp3) is 0. The van der Waals surface area contributed by atoms with Crippen LogP contribution in [0, 0.1) is 11.3 Å². The second kappa shape index (κ2) is 7.29. The van der Waals surface area contributed by atoms with Crippen molar-refractivity contribution < 1.29 is 9.90 Å². The Morgan fingerprint density at radius 1 is 1.09 bits per heavy atom. The zero-order valence-electron chi connectivity index (χ0n) is 11.4. The average Bonchev–Trinajstić information content (AvgIpc) is 2.52. The van der Waals surface area contributed by atoms with Gasteiger partial charge in [-0.05, 0) is 48.5 Å². The highest BCUT2D eigenvalue weighted by Gasteiger charge is 2.09. The van der Waals surface area contributed by atoms with Gasteiger partial charge >= 0.3 is 0 Å². The third kappa shape index (κ3) is 4.36. The summed E-state index contributed by atoms with van der Waals surface area (Å²) in [7, 11) is 0. The van der Waals surface area contributed by atoms with Crippen LogP contribution < -0.4 is 10.6 Å². The Morgan fingerprint density at radius 3 is 2.27 bits per heavy atom. The van der Waals surface area contributed by atoms with Gasteiger partial charge in [0.2, 0.25) is 0 Å². The van der Waals surface area contributed by atoms with Crippen molar-refractivity contribution in [1.29, 1.82) is 5.26 Å². The molecule has 0 bridgehead atoms. The number of carbonyl (C=O) groups is 1. The predicted molar refractivity (Wildman–Crippen MR) is 88.2 cm³/mol. The molecule has 0 aliphatic rings. The van der Waals surface area contributed by atoms with Crippen LogP contribution >= 0.6 is 15.9 Å². The summed E-state index contributed by atoms with van der Waals surface area (Å²) in [6.45, 7) is 0. The number of amides is 1. The Balaban J connectivity index is 2.05. The Hall–Kier alpha value is -2.78. The van der Waals surface area contributed by atoms with Crippen LogP contribution in [0.4, 0.5) is 11.4 Å². The van der Waals surface area contributed by atoms with Gasteiger partial charge in [-0.2, -0.15) is 5.26 Å². The largest absolute Gasteiger partial charge is 0.508 e. The monoisotopic (exact) mass is 357 g/mol. The van der Waals surface area contributed by atoms with E-state index in [9.17, 15) is 9.90 Å². The summed E-state index contributed by atoms with van der Waals surface area (Å²) in [4.78, 5) is 12.0. The molecule has 0 atom stereocenters. The Bertz CT molecular complexity index is 731. The van der Waals surface area contributed by atoms with Crippen LogP contribution in [0.5, 0.6) is 5.75 Å². The second-order valence-electron chi connectivity index (χ2n) is 4.32. The van der Waals surface area contributed by atoms with Crippen molar-refractivity contribution in [3.05, 3.63) is 64.8 Å². The zero-order chi connectivity index (χ0) is 15.9. The van der Waals surface area contributed by atoms with Gasteiger partial charge in [0.15, 0.2) is 0 Å². The summed E-state index contributed by atoms with van der Waals surface area (Å²) in [5.74, 6) is -0.362. The second-order valence-corrected chi connectivity index (χ2v) is 5.24. The third-order valence-corrected chi connectivity index (χ3v) is 3.25. The van der Waals surface area contributed by atoms with Gasteiger partial charge in [0.05, 0.1) is 0 Å². The lowest BCUT2D eigenvalue weighted by Crippen LogP contribution is -2.14. The maximum atomic E-state index is 12.0. The molecule has 0 radical (unpaired) electrons. The van der Waals surface area contributed by atoms with E-state index in [1.165, 1.54) is 18.3 Å². The summed E-state index contributed by atoms with van der Waals surface area (Å²) in [6.07, 6.45) is 1.32. The van der Waals surface area contributed by atoms with E-state index in [-0.39, 0.29) is 11.3 Å². The number of nitriles is 1. The number of nitrogens with zero attached hydrogens (tertiary/aromatic N) is 1. The first-order valence-corrected chi connectivity index (χ1v) is 7.10. The number of anilines is 2. The molecular weight excluding hydrogens is 346 g/mol. The van der Waals surface area contributed by atoms with Gasteiger partial charge in [-0.1, -0.05) is 15.9 Å². The Morgan fingerprint density at radius 2 is 1.68 bits per heavy atom. The Labute approximate surface area is 136 Å². The van der Waals surface area contributed by atoms with E-state index in [1.807, 2.05) is 6.07 Å². The average molecular weight is 358 g/mol. The molecule has 0 spiro atoms. The first kappa shape index (κ1) is 15.6. The fourth-order valence-corrected chi connectivity index (χ4v) is 1.86. The number of carbonyl (C=O) groups excluding carboxylic acids is 1. The lowest BCUT2D eigenvalue weighted by Gasteiger charge is -2.05. The molecule has 0 saturated carbocycles. The summed E-state index contributed by atoms with van der Waals surface area (Å²) in [5, 5.41) is 23.7. The van der Waals surface area contributed by atoms with Crippen LogP contribution in [0.15, 0.2) is 64.8 Å². The van der Waals surface area contributed by atoms with Crippen molar-refractivity contribution in [2.45, 2.75) is 0 Å². The van der Waals surface area contributed by atoms with Crippen molar-refractivity contribution in [2.75, 3.05) is 10.6 Å². The number of halogens is 1. The molecule has 5 nitrogen and oxygen atoms in total. The van der Waals surface area contributed by atoms with Gasteiger partial charge in [0, 0.05) is 22.0 Å². The molecule has 3 N–H and O–H groups in total. The molecule has 6 heteroatoms. The van der Waals surface area contributed by atoms with E-state index < -0.39 is 5.91 Å². The summed E-state index contributed by atoms with van der Waals surface area (Å²) < 4.78 is 0.899. The quantitative estimate of drug-likeness (QED) is 0.443. The van der Waals surface area contributed by atoms with E-state index in [2.05, 4.69) is 26.6 Å². The molecule has 0 saturated heterocycles. The first-order chi connectivity index (χ1) is 10.6. The zero-order valence-corrected chi connectivity index (χ0v) is 13.0. The lowest BCUT2D eigenvalue weighted by atomic mass is 10.2. The topological polar surface area (TPSA) is 85.2 Å². The standard InChI is InChI=1S/C16H12BrN3O2/c17-12-1-3-14(4-2-12)20-16(22)11(9-18)10-19-13-5-7-15(21)8-6-13/h1-8,10,19,21H,(H,20,22)/b11-10-. The van der Waals surface area contributed by atoms with Crippen molar-refractivity contribution >= 4 is 33.2 Å². The predicted octanol–water partition coefficient (Wildman–Crippen LogP) is 3.61. The number of hydrogen-bond donors (Lipinski definition) is 3. The van der Waals surface area contributed by atoms with Gasteiger partial charge in [0.1, 0.15) is 17.4 Å².